The highest BCUT2D eigenvalue weighted by atomic mass is 16.5. The normalized spacial score (nSPS) is 12.7. The van der Waals surface area contributed by atoms with E-state index in [4.69, 9.17) is 4.74 Å². The number of hydrogen-bond acceptors (Lipinski definition) is 2. The summed E-state index contributed by atoms with van der Waals surface area (Å²) in [5.74, 6) is 1.43. The molecule has 0 aliphatic carbocycles. The van der Waals surface area contributed by atoms with Gasteiger partial charge in [-0.3, -0.25) is 4.79 Å². The number of amides is 1. The van der Waals surface area contributed by atoms with Gasteiger partial charge in [0.05, 0.1) is 13.2 Å². The number of benzene rings is 2. The summed E-state index contributed by atoms with van der Waals surface area (Å²) in [6.45, 7) is 11.0. The maximum Gasteiger partial charge on any atom is 0.220 e. The summed E-state index contributed by atoms with van der Waals surface area (Å²) in [5.41, 5.74) is 3.79. The SMILES string of the molecule is COc1ccc([C@H](CC(C)C)NC(=O)CCc2ccc(C(C)(C)C)cc2)cc1. The zero-order chi connectivity index (χ0) is 20.7. The molecule has 2 rings (SSSR count). The minimum Gasteiger partial charge on any atom is -0.497 e. The van der Waals surface area contributed by atoms with Crippen LogP contribution in [0, 0.1) is 5.92 Å². The molecule has 0 heterocycles. The van der Waals surface area contributed by atoms with Gasteiger partial charge in [0.1, 0.15) is 5.75 Å². The third kappa shape index (κ3) is 6.70. The van der Waals surface area contributed by atoms with Crippen LogP contribution >= 0.6 is 0 Å². The van der Waals surface area contributed by atoms with Gasteiger partial charge in [0.2, 0.25) is 5.91 Å². The molecule has 2 aromatic carbocycles. The van der Waals surface area contributed by atoms with E-state index in [0.717, 1.165) is 24.2 Å². The maximum atomic E-state index is 12.6. The van der Waals surface area contributed by atoms with Crippen molar-refractivity contribution in [1.82, 2.24) is 5.32 Å². The van der Waals surface area contributed by atoms with Gasteiger partial charge in [-0.25, -0.2) is 0 Å². The van der Waals surface area contributed by atoms with Gasteiger partial charge in [0, 0.05) is 6.42 Å². The lowest BCUT2D eigenvalue weighted by molar-refractivity contribution is -0.121. The van der Waals surface area contributed by atoms with E-state index < -0.39 is 0 Å². The Morgan fingerprint density at radius 2 is 1.61 bits per heavy atom. The molecule has 0 fully saturated rings. The van der Waals surface area contributed by atoms with Crippen molar-refractivity contribution in [3.05, 3.63) is 65.2 Å². The molecule has 0 bridgehead atoms. The van der Waals surface area contributed by atoms with Crippen molar-refractivity contribution >= 4 is 5.91 Å². The first-order valence-electron chi connectivity index (χ1n) is 10.2. The molecule has 152 valence electrons. The summed E-state index contributed by atoms with van der Waals surface area (Å²) in [6, 6.07) is 16.6. The van der Waals surface area contributed by atoms with E-state index in [-0.39, 0.29) is 17.4 Å². The minimum absolute atomic E-state index is 0.0293. The Hall–Kier alpha value is -2.29. The van der Waals surface area contributed by atoms with Crippen LogP contribution in [0.2, 0.25) is 0 Å². The van der Waals surface area contributed by atoms with Crippen LogP contribution in [0.5, 0.6) is 5.75 Å². The number of nitrogens with one attached hydrogen (secondary N) is 1. The molecule has 0 aliphatic heterocycles. The lowest BCUT2D eigenvalue weighted by Gasteiger charge is -2.22. The lowest BCUT2D eigenvalue weighted by Crippen LogP contribution is -2.29. The molecule has 1 amide bonds. The lowest BCUT2D eigenvalue weighted by atomic mass is 9.86. The van der Waals surface area contributed by atoms with Gasteiger partial charge in [-0.1, -0.05) is 71.0 Å². The first-order valence-corrected chi connectivity index (χ1v) is 10.2. The quantitative estimate of drug-likeness (QED) is 0.625. The van der Waals surface area contributed by atoms with Gasteiger partial charge in [-0.05, 0) is 53.0 Å². The van der Waals surface area contributed by atoms with E-state index in [1.165, 1.54) is 11.1 Å². The molecule has 0 aromatic heterocycles. The van der Waals surface area contributed by atoms with E-state index in [9.17, 15) is 4.79 Å². The van der Waals surface area contributed by atoms with E-state index in [2.05, 4.69) is 64.2 Å². The van der Waals surface area contributed by atoms with Crippen LogP contribution in [0.1, 0.15) is 70.2 Å². The van der Waals surface area contributed by atoms with Gasteiger partial charge in [0.25, 0.3) is 0 Å². The van der Waals surface area contributed by atoms with Crippen LogP contribution in [0.25, 0.3) is 0 Å². The standard InChI is InChI=1S/C25H35NO2/c1-18(2)17-23(20-10-14-22(28-6)15-11-20)26-24(27)16-9-19-7-12-21(13-8-19)25(3,4)5/h7-8,10-15,18,23H,9,16-17H2,1-6H3,(H,26,27)/t23-/m0/s1. The highest BCUT2D eigenvalue weighted by Gasteiger charge is 2.17. The molecule has 28 heavy (non-hydrogen) atoms. The molecule has 0 saturated heterocycles. The van der Waals surface area contributed by atoms with Crippen molar-refractivity contribution in [3.8, 4) is 5.75 Å². The Balaban J connectivity index is 1.97. The summed E-state index contributed by atoms with van der Waals surface area (Å²) in [7, 11) is 1.66. The molecular weight excluding hydrogens is 346 g/mol. The van der Waals surface area contributed by atoms with Crippen molar-refractivity contribution in [2.45, 2.75) is 65.3 Å². The number of hydrogen-bond donors (Lipinski definition) is 1. The molecule has 1 N–H and O–H groups in total. The second-order valence-corrected chi connectivity index (χ2v) is 8.97. The second-order valence-electron chi connectivity index (χ2n) is 8.97. The van der Waals surface area contributed by atoms with Gasteiger partial charge in [-0.15, -0.1) is 0 Å². The van der Waals surface area contributed by atoms with E-state index in [1.54, 1.807) is 7.11 Å². The zero-order valence-electron chi connectivity index (χ0n) is 18.2. The number of methoxy groups -OCH3 is 1. The fourth-order valence-electron chi connectivity index (χ4n) is 3.28. The maximum absolute atomic E-state index is 12.6. The van der Waals surface area contributed by atoms with Crippen LogP contribution < -0.4 is 10.1 Å². The number of carbonyl (C=O) groups is 1. The molecule has 0 saturated carbocycles. The van der Waals surface area contributed by atoms with Crippen molar-refractivity contribution in [3.63, 3.8) is 0 Å². The van der Waals surface area contributed by atoms with Gasteiger partial charge < -0.3 is 10.1 Å². The topological polar surface area (TPSA) is 38.3 Å². The first kappa shape index (κ1) is 22.0. The highest BCUT2D eigenvalue weighted by molar-refractivity contribution is 5.76. The number of aryl methyl sites for hydroxylation is 1. The smallest absolute Gasteiger partial charge is 0.220 e. The molecule has 0 aliphatic rings. The predicted molar refractivity (Wildman–Crippen MR) is 117 cm³/mol. The Kier molecular flexibility index (Phi) is 7.68. The molecule has 0 unspecified atom stereocenters. The highest BCUT2D eigenvalue weighted by Crippen LogP contribution is 2.24. The average molecular weight is 382 g/mol. The van der Waals surface area contributed by atoms with Crippen LogP contribution in [-0.4, -0.2) is 13.0 Å². The Morgan fingerprint density at radius 1 is 1.00 bits per heavy atom. The third-order valence-electron chi connectivity index (χ3n) is 5.02. The van der Waals surface area contributed by atoms with Crippen molar-refractivity contribution < 1.29 is 9.53 Å². The van der Waals surface area contributed by atoms with E-state index >= 15 is 0 Å². The fourth-order valence-corrected chi connectivity index (χ4v) is 3.28. The minimum atomic E-state index is 0.0293. The van der Waals surface area contributed by atoms with Crippen molar-refractivity contribution in [2.24, 2.45) is 5.92 Å². The largest absolute Gasteiger partial charge is 0.497 e. The molecule has 3 nitrogen and oxygen atoms in total. The molecule has 0 radical (unpaired) electrons. The van der Waals surface area contributed by atoms with Gasteiger partial charge in [0.15, 0.2) is 0 Å². The fraction of sp³-hybridized carbons (Fsp3) is 0.480. The molecular formula is C25H35NO2. The van der Waals surface area contributed by atoms with Crippen LogP contribution in [0.15, 0.2) is 48.5 Å². The van der Waals surface area contributed by atoms with Gasteiger partial charge >= 0.3 is 0 Å². The van der Waals surface area contributed by atoms with Crippen LogP contribution in [-0.2, 0) is 16.6 Å². The first-order chi connectivity index (χ1) is 13.2. The van der Waals surface area contributed by atoms with Gasteiger partial charge in [-0.2, -0.15) is 0 Å². The summed E-state index contributed by atoms with van der Waals surface area (Å²) in [6.07, 6.45) is 2.17. The van der Waals surface area contributed by atoms with Crippen molar-refractivity contribution in [2.75, 3.05) is 7.11 Å². The second kappa shape index (κ2) is 9.77. The Bertz CT molecular complexity index is 740. The van der Waals surface area contributed by atoms with Crippen LogP contribution in [0.4, 0.5) is 0 Å². The van der Waals surface area contributed by atoms with E-state index in [1.807, 2.05) is 24.3 Å². The average Bonchev–Trinajstić information content (AvgIpc) is 2.65. The molecule has 1 atom stereocenters. The summed E-state index contributed by atoms with van der Waals surface area (Å²) in [4.78, 5) is 12.6. The molecule has 2 aromatic rings. The monoisotopic (exact) mass is 381 g/mol. The predicted octanol–water partition coefficient (Wildman–Crippen LogP) is 5.83. The Labute approximate surface area is 170 Å². The number of carbonyl (C=O) groups excluding carboxylic acids is 1. The summed E-state index contributed by atoms with van der Waals surface area (Å²) < 4.78 is 5.24. The number of ether oxygens (including phenoxy) is 1. The van der Waals surface area contributed by atoms with Crippen molar-refractivity contribution in [1.29, 1.82) is 0 Å². The Morgan fingerprint density at radius 3 is 2.11 bits per heavy atom. The third-order valence-corrected chi connectivity index (χ3v) is 5.02. The van der Waals surface area contributed by atoms with E-state index in [0.29, 0.717) is 12.3 Å². The zero-order valence-corrected chi connectivity index (χ0v) is 18.2. The summed E-state index contributed by atoms with van der Waals surface area (Å²) in [5, 5.41) is 3.23. The molecule has 3 heteroatoms. The summed E-state index contributed by atoms with van der Waals surface area (Å²) >= 11 is 0. The van der Waals surface area contributed by atoms with Crippen LogP contribution in [0.3, 0.4) is 0 Å². The molecule has 0 spiro atoms. The number of rotatable bonds is 8.